The van der Waals surface area contributed by atoms with Crippen molar-refractivity contribution in [2.24, 2.45) is 60.1 Å². The van der Waals surface area contributed by atoms with Crippen LogP contribution in [0.25, 0.3) is 0 Å². The molecule has 8 aromatic rings. The number of ether oxygens (including phenoxy) is 4. The Morgan fingerprint density at radius 1 is 0.410 bits per heavy atom. The lowest BCUT2D eigenvalue weighted by molar-refractivity contribution is -0.120. The molecule has 40 N–H and O–H groups in total. The summed E-state index contributed by atoms with van der Waals surface area (Å²) in [5.41, 5.74) is 87.2. The first-order valence-corrected chi connectivity index (χ1v) is 44.0. The highest BCUT2D eigenvalue weighted by atomic mass is 35.5. The number of nitrogens with one attached hydrogen (secondary N) is 4. The van der Waals surface area contributed by atoms with Gasteiger partial charge in [0.25, 0.3) is 23.6 Å². The lowest BCUT2D eigenvalue weighted by atomic mass is 10.0. The maximum atomic E-state index is 12.3. The number of carbonyl (C=O) groups is 6. The van der Waals surface area contributed by atoms with Gasteiger partial charge in [0.1, 0.15) is 60.8 Å². The zero-order chi connectivity index (χ0) is 101. The minimum absolute atomic E-state index is 0. The Bertz CT molecular complexity index is 5340. The third kappa shape index (κ3) is 46.2. The number of aliphatic hydroxyl groups is 6. The normalized spacial score (nSPS) is 12.2. The van der Waals surface area contributed by atoms with Crippen LogP contribution in [0.5, 0.6) is 23.0 Å². The van der Waals surface area contributed by atoms with Crippen LogP contribution in [0, 0.1) is 5.41 Å². The molecule has 0 saturated heterocycles. The maximum absolute atomic E-state index is 12.3. The van der Waals surface area contributed by atoms with E-state index < -0.39 is 67.3 Å². The Hall–Kier alpha value is -13.2. The van der Waals surface area contributed by atoms with Crippen LogP contribution in [0.4, 0.5) is 46.5 Å². The second-order valence-electron chi connectivity index (χ2n) is 30.1. The average molecular weight is 2060 g/mol. The van der Waals surface area contributed by atoms with Crippen LogP contribution in [0.3, 0.4) is 0 Å². The number of ketones is 2. The van der Waals surface area contributed by atoms with Crippen LogP contribution in [0.15, 0.2) is 117 Å². The van der Waals surface area contributed by atoms with E-state index in [4.69, 9.17) is 167 Å². The minimum atomic E-state index is -1.36. The number of anilines is 8. The van der Waals surface area contributed by atoms with Crippen LogP contribution >= 0.6 is 71.2 Å². The molecule has 4 aromatic heterocycles. The van der Waals surface area contributed by atoms with Crippen molar-refractivity contribution >= 4 is 183 Å². The minimum Gasteiger partial charge on any atom is -0.492 e. The summed E-state index contributed by atoms with van der Waals surface area (Å²) in [5.74, 6) is -1.49. The monoisotopic (exact) mass is 2060 g/mol. The molecule has 0 unspecified atom stereocenters. The summed E-state index contributed by atoms with van der Waals surface area (Å²) >= 11 is 23.1. The van der Waals surface area contributed by atoms with E-state index in [0.717, 1.165) is 99.5 Å². The Kier molecular flexibility index (Phi) is 55.3. The van der Waals surface area contributed by atoms with Gasteiger partial charge in [0.2, 0.25) is 0 Å². The number of halogens is 6. The van der Waals surface area contributed by atoms with Crippen molar-refractivity contribution in [3.05, 3.63) is 163 Å². The average Bonchev–Trinajstić information content (AvgIpc) is 0.844. The van der Waals surface area contributed by atoms with Gasteiger partial charge in [0.15, 0.2) is 126 Å². The lowest BCUT2D eigenvalue weighted by Gasteiger charge is -2.29. The number of Topliss-reactive ketones (excluding diaryl/α,β-unsaturated/α-hetero) is 2. The van der Waals surface area contributed by atoms with Crippen molar-refractivity contribution in [3.63, 3.8) is 0 Å². The fourth-order valence-electron chi connectivity index (χ4n) is 11.6. The summed E-state index contributed by atoms with van der Waals surface area (Å²) in [6.07, 6.45) is 6.03. The van der Waals surface area contributed by atoms with Gasteiger partial charge >= 0.3 is 0 Å². The number of amides is 4. The van der Waals surface area contributed by atoms with Gasteiger partial charge in [-0.3, -0.25) is 69.6 Å². The van der Waals surface area contributed by atoms with Crippen molar-refractivity contribution in [2.45, 2.75) is 134 Å². The number of aryl methyl sites for hydroxylation is 4. The second kappa shape index (κ2) is 64.0. The number of unbranched alkanes of at least 4 members (excludes halogenated alkanes) is 5. The number of aliphatic hydroxyl groups excluding tert-OH is 6. The van der Waals surface area contributed by atoms with E-state index in [-0.39, 0.29) is 196 Å². The predicted molar refractivity (Wildman–Crippen MR) is 538 cm³/mol. The van der Waals surface area contributed by atoms with Crippen LogP contribution in [0.1, 0.15) is 142 Å². The number of nitrogen functional groups attached to an aromatic ring is 8. The highest BCUT2D eigenvalue weighted by Gasteiger charge is 2.26. The fourth-order valence-corrected chi connectivity index (χ4v) is 12.1. The molecule has 0 aliphatic heterocycles. The summed E-state index contributed by atoms with van der Waals surface area (Å²) in [4.78, 5) is 119. The number of nitrogens with two attached hydrogens (primary N) is 15. The highest BCUT2D eigenvalue weighted by Crippen LogP contribution is 2.25. The SMILES string of the molecule is CC(=O)[C@@H](N)COc1ccc(CCCCN=C(N)NC(=O)c2nc(Cl)c(N)nc2N)cc1.Cl.Cl.N=C(CCCCCc1ccc(OCCN=C(N)N)cc1)CC(=O)c1nc(Cl)c(N)nc1N.NC(=NCCCCc1ccc(OCCN(C[C@H](O)[C@H](O)CO)C[C@H](O)[C@H](O)CO)cc1)NC(=O)c1nc(Cl)c(N)nc1N.NC(=O)COc1ccc(CCCCN=C(N)NC(=O)c2nc(Cl)c(N)nc2N)cc1. The molecule has 0 spiro atoms. The number of rotatable bonds is 50. The van der Waals surface area contributed by atoms with Crippen molar-refractivity contribution in [3.8, 4) is 23.0 Å². The van der Waals surface area contributed by atoms with Crippen molar-refractivity contribution in [1.82, 2.24) is 60.7 Å². The summed E-state index contributed by atoms with van der Waals surface area (Å²) in [6, 6.07) is 29.7. The molecule has 4 amide bonds. The standard InChI is InChI=1S/C26H41ClN8O8.C21H29ClN8O2.C20H27ClN8O3.C18H23ClN8O3.2ClH/c27-22-24(29)33-23(28)21(32-22)25(42)34-26(30)31-8-2-1-3-15-4-6-16(7-5-15)43-10-9-35(11-17(38)19(40)13-36)12-18(39)20(41)14-37;22-18-20(25)30-19(24)17(29-18)16(31)12-14(23)5-3-1-2-4-13-6-8-15(9-7-13)32-11-10-28-21(26)27;1-11(30)14(22)10-32-13-7-5-12(6-8-13)4-2-3-9-26-20(25)29-19(31)15-17(23)28-18(24)16(21)27-15;19-14-16(22)26-15(21)13(25-14)17(29)27-18(23)24-8-2-1-3-10-4-6-11(7-5-10)30-9-12(20)28;;/h4-7,17-20,36-41H,1-3,8-14H2,(H4,28,29,33)(H3,30,31,34,42);6-9,23H,1-5,10-12H2,(H4,24,25,30)(H4,26,27,28);5-8,14H,2-4,9-10,22H2,1H3,(H4,23,24,28)(H3,25,26,29,31);4-7H,1-3,8-9H2,(H2,20,28)(H4,21,22,26)(H3,23,24,27,29);2*1H/t17-,18-,19+,20+;;14-;;;/m0.0.../s1. The molecule has 0 fully saturated rings. The molecule has 0 aliphatic rings. The zero-order valence-corrected chi connectivity index (χ0v) is 80.6. The first kappa shape index (κ1) is 120. The third-order valence-electron chi connectivity index (χ3n) is 19.0. The Morgan fingerprint density at radius 3 is 1.06 bits per heavy atom. The molecule has 5 atom stereocenters. The molecule has 760 valence electrons. The topological polar surface area (TPSA) is 867 Å². The van der Waals surface area contributed by atoms with E-state index in [2.05, 4.69) is 75.8 Å². The van der Waals surface area contributed by atoms with Gasteiger partial charge in [-0.05, 0) is 161 Å². The fraction of sp³-hybridized carbons (Fsp3) is 0.400. The van der Waals surface area contributed by atoms with Gasteiger partial charge in [-0.2, -0.15) is 0 Å². The molecule has 0 radical (unpaired) electrons. The van der Waals surface area contributed by atoms with Gasteiger partial charge in [-0.15, -0.1) is 24.8 Å². The number of nitrogens with zero attached hydrogens (tertiary/aromatic N) is 13. The number of carbonyl (C=O) groups excluding carboxylic acids is 6. The molecule has 0 saturated carbocycles. The van der Waals surface area contributed by atoms with Crippen LogP contribution < -0.4 is 121 Å². The largest absolute Gasteiger partial charge is 0.492 e. The van der Waals surface area contributed by atoms with E-state index in [0.29, 0.717) is 68.6 Å². The van der Waals surface area contributed by atoms with Gasteiger partial charge in [0, 0.05) is 45.0 Å². The number of aliphatic imine (C=N–C) groups is 4. The van der Waals surface area contributed by atoms with E-state index in [9.17, 15) is 49.2 Å². The van der Waals surface area contributed by atoms with Crippen molar-refractivity contribution < 1.29 is 78.4 Å². The number of hydrogen-bond donors (Lipinski definition) is 25. The predicted octanol–water partition coefficient (Wildman–Crippen LogP) is 1.54. The van der Waals surface area contributed by atoms with Gasteiger partial charge in [0.05, 0.1) is 44.4 Å². The first-order valence-electron chi connectivity index (χ1n) is 42.5. The number of aromatic nitrogens is 8. The molecular formula is C85H122Cl6N32O16. The highest BCUT2D eigenvalue weighted by molar-refractivity contribution is 6.33. The number of primary amides is 1. The number of hydrogen-bond acceptors (Lipinski definition) is 39. The molecule has 4 aromatic carbocycles. The van der Waals surface area contributed by atoms with Crippen molar-refractivity contribution in [2.75, 3.05) is 131 Å². The maximum Gasteiger partial charge on any atom is 0.280 e. The van der Waals surface area contributed by atoms with Crippen LogP contribution in [-0.2, 0) is 35.3 Å². The molecule has 8 rings (SSSR count). The number of benzene rings is 4. The number of guanidine groups is 4. The zero-order valence-electron chi connectivity index (χ0n) is 76.0. The molecule has 139 heavy (non-hydrogen) atoms. The molecular weight excluding hydrogens is 1940 g/mol. The first-order chi connectivity index (χ1) is 65.1. The lowest BCUT2D eigenvalue weighted by Crippen LogP contribution is -2.47. The molecule has 4 heterocycles. The Labute approximate surface area is 833 Å². The van der Waals surface area contributed by atoms with Crippen molar-refractivity contribution in [1.29, 1.82) is 5.41 Å². The van der Waals surface area contributed by atoms with E-state index in [1.165, 1.54) is 12.5 Å². The summed E-state index contributed by atoms with van der Waals surface area (Å²) < 4.78 is 22.0. The molecule has 0 aliphatic carbocycles. The third-order valence-corrected chi connectivity index (χ3v) is 20.2. The van der Waals surface area contributed by atoms with E-state index >= 15 is 0 Å². The molecule has 48 nitrogen and oxygen atoms in total. The Morgan fingerprint density at radius 2 is 0.727 bits per heavy atom. The van der Waals surface area contributed by atoms with E-state index in [1.54, 1.807) is 29.2 Å². The van der Waals surface area contributed by atoms with E-state index in [1.807, 2.05) is 72.8 Å². The van der Waals surface area contributed by atoms with Gasteiger partial charge in [-0.25, -0.2) is 39.9 Å². The molecule has 0 bridgehead atoms. The smallest absolute Gasteiger partial charge is 0.280 e. The Balaban J connectivity index is 0.000000479. The van der Waals surface area contributed by atoms with Gasteiger partial charge in [-0.1, -0.05) is 101 Å². The summed E-state index contributed by atoms with van der Waals surface area (Å²) in [6.45, 7) is 2.43. The molecule has 54 heteroatoms. The summed E-state index contributed by atoms with van der Waals surface area (Å²) in [5, 5.41) is 72.2. The van der Waals surface area contributed by atoms with Gasteiger partial charge < -0.3 is 141 Å². The van der Waals surface area contributed by atoms with Crippen LogP contribution in [0.2, 0.25) is 20.6 Å². The summed E-state index contributed by atoms with van der Waals surface area (Å²) in [7, 11) is 0. The van der Waals surface area contributed by atoms with Crippen LogP contribution in [-0.4, -0.2) is 256 Å². The quantitative estimate of drug-likeness (QED) is 0.0111. The second-order valence-corrected chi connectivity index (χ2v) is 31.5.